The molecule has 0 aromatic heterocycles. The minimum atomic E-state index is -0.480. The van der Waals surface area contributed by atoms with Gasteiger partial charge in [0.2, 0.25) is 0 Å². The Morgan fingerprint density at radius 3 is 1.12 bits per heavy atom. The van der Waals surface area contributed by atoms with E-state index in [0.717, 1.165) is 17.1 Å². The van der Waals surface area contributed by atoms with Crippen molar-refractivity contribution in [1.29, 1.82) is 0 Å². The summed E-state index contributed by atoms with van der Waals surface area (Å²) in [6.07, 6.45) is 4.82. The molecule has 72 heavy (non-hydrogen) atoms. The molecule has 1 spiro atoms. The fourth-order valence-corrected chi connectivity index (χ4v) is 13.7. The van der Waals surface area contributed by atoms with Crippen molar-refractivity contribution in [3.8, 4) is 55.6 Å². The Labute approximate surface area is 428 Å². The third-order valence-corrected chi connectivity index (χ3v) is 18.1. The fourth-order valence-electron chi connectivity index (χ4n) is 13.7. The first-order valence-electron chi connectivity index (χ1n) is 26.5. The molecule has 9 aromatic carbocycles. The summed E-state index contributed by atoms with van der Waals surface area (Å²) in [5.74, 6) is 0. The second kappa shape index (κ2) is 15.9. The van der Waals surface area contributed by atoms with Crippen molar-refractivity contribution in [1.82, 2.24) is 0 Å². The van der Waals surface area contributed by atoms with Gasteiger partial charge in [-0.2, -0.15) is 0 Å². The van der Waals surface area contributed by atoms with Gasteiger partial charge < -0.3 is 4.90 Å². The van der Waals surface area contributed by atoms with Crippen molar-refractivity contribution in [2.75, 3.05) is 4.90 Å². The lowest BCUT2D eigenvalue weighted by molar-refractivity contribution is 0.332. The lowest BCUT2D eigenvalue weighted by Gasteiger charge is -2.42. The van der Waals surface area contributed by atoms with Crippen molar-refractivity contribution in [3.63, 3.8) is 0 Å². The van der Waals surface area contributed by atoms with Gasteiger partial charge in [-0.05, 0) is 178 Å². The van der Waals surface area contributed by atoms with Crippen LogP contribution in [-0.2, 0) is 27.1 Å². The predicted octanol–water partition coefficient (Wildman–Crippen LogP) is 19.2. The third-order valence-electron chi connectivity index (χ3n) is 18.1. The van der Waals surface area contributed by atoms with E-state index >= 15 is 0 Å². The molecular weight excluding hydrogens is 867 g/mol. The average Bonchev–Trinajstić information content (AvgIpc) is 3.86. The Kier molecular flexibility index (Phi) is 9.86. The molecule has 13 rings (SSSR count). The van der Waals surface area contributed by atoms with Gasteiger partial charge in [0.15, 0.2) is 0 Å². The number of fused-ring (bicyclic) bond motifs is 12. The number of hydrogen-bond acceptors (Lipinski definition) is 1. The van der Waals surface area contributed by atoms with Crippen molar-refractivity contribution in [2.45, 2.75) is 108 Å². The summed E-state index contributed by atoms with van der Waals surface area (Å²) in [6, 6.07) is 77.0. The normalized spacial score (nSPS) is 17.5. The molecular formula is C71H65N. The van der Waals surface area contributed by atoms with Crippen LogP contribution in [-0.4, -0.2) is 0 Å². The molecule has 0 fully saturated rings. The Balaban J connectivity index is 1.02. The Morgan fingerprint density at radius 2 is 0.639 bits per heavy atom. The van der Waals surface area contributed by atoms with E-state index in [2.05, 4.69) is 260 Å². The Bertz CT molecular complexity index is 3570. The second-order valence-electron chi connectivity index (χ2n) is 24.2. The van der Waals surface area contributed by atoms with Crippen LogP contribution in [0.25, 0.3) is 55.6 Å². The quantitative estimate of drug-likeness (QED) is 0.161. The molecule has 0 heterocycles. The van der Waals surface area contributed by atoms with E-state index in [4.69, 9.17) is 0 Å². The fraction of sp³-hybridized carbons (Fsp3) is 0.239. The highest BCUT2D eigenvalue weighted by molar-refractivity contribution is 6.00. The predicted molar refractivity (Wildman–Crippen MR) is 304 cm³/mol. The van der Waals surface area contributed by atoms with Crippen LogP contribution in [0.1, 0.15) is 126 Å². The van der Waals surface area contributed by atoms with E-state index in [9.17, 15) is 0 Å². The van der Waals surface area contributed by atoms with Crippen molar-refractivity contribution >= 4 is 17.1 Å². The van der Waals surface area contributed by atoms with Gasteiger partial charge in [0.1, 0.15) is 0 Å². The van der Waals surface area contributed by atoms with E-state index < -0.39 is 5.41 Å². The Hall–Kier alpha value is -7.22. The summed E-state index contributed by atoms with van der Waals surface area (Å²) >= 11 is 0. The number of para-hydroxylation sites is 1. The van der Waals surface area contributed by atoms with Gasteiger partial charge in [-0.3, -0.25) is 0 Å². The molecule has 4 aliphatic rings. The molecule has 0 saturated carbocycles. The average molecular weight is 932 g/mol. The van der Waals surface area contributed by atoms with Crippen LogP contribution in [0.3, 0.4) is 0 Å². The monoisotopic (exact) mass is 932 g/mol. The smallest absolute Gasteiger partial charge is 0.0726 e. The van der Waals surface area contributed by atoms with E-state index in [0.29, 0.717) is 0 Å². The van der Waals surface area contributed by atoms with E-state index in [-0.39, 0.29) is 21.7 Å². The number of benzene rings is 9. The maximum absolute atomic E-state index is 2.57. The van der Waals surface area contributed by atoms with Crippen molar-refractivity contribution in [3.05, 3.63) is 245 Å². The van der Waals surface area contributed by atoms with Gasteiger partial charge in [-0.25, -0.2) is 0 Å². The summed E-state index contributed by atoms with van der Waals surface area (Å²) in [7, 11) is 0. The van der Waals surface area contributed by atoms with Crippen molar-refractivity contribution < 1.29 is 0 Å². The van der Waals surface area contributed by atoms with Crippen molar-refractivity contribution in [2.24, 2.45) is 0 Å². The molecule has 354 valence electrons. The summed E-state index contributed by atoms with van der Waals surface area (Å²) in [5.41, 5.74) is 27.6. The molecule has 0 bridgehead atoms. The first kappa shape index (κ1) is 44.7. The van der Waals surface area contributed by atoms with Crippen LogP contribution in [0, 0.1) is 0 Å². The zero-order valence-electron chi connectivity index (χ0n) is 43.3. The number of rotatable bonds is 6. The maximum atomic E-state index is 2.57. The van der Waals surface area contributed by atoms with Crippen LogP contribution in [0.15, 0.2) is 200 Å². The summed E-state index contributed by atoms with van der Waals surface area (Å²) < 4.78 is 0. The molecule has 4 aliphatic carbocycles. The molecule has 0 N–H and O–H groups in total. The molecule has 0 amide bonds. The molecule has 0 saturated heterocycles. The van der Waals surface area contributed by atoms with Crippen LogP contribution >= 0.6 is 0 Å². The SMILES string of the molecule is CC1(C)CCC(C)(C)c2cc(-c3ccc(-c4cc5c(cc4N(c4ccccc4)c4ccc(-c6ccc7c(c6)C(C)(C)CCC7(C)C)cc4)C4(c6ccccc6-c6ccccc64)c4ccccc4-5)cc3)ccc21. The maximum Gasteiger partial charge on any atom is 0.0726 e. The number of nitrogens with zero attached hydrogens (tertiary/aromatic N) is 1. The lowest BCUT2D eigenvalue weighted by Crippen LogP contribution is -2.33. The molecule has 9 aromatic rings. The van der Waals surface area contributed by atoms with Gasteiger partial charge in [0, 0.05) is 16.9 Å². The molecule has 1 heteroatoms. The Morgan fingerprint density at radius 1 is 0.264 bits per heavy atom. The van der Waals surface area contributed by atoms with Gasteiger partial charge >= 0.3 is 0 Å². The number of hydrogen-bond donors (Lipinski definition) is 0. The summed E-state index contributed by atoms with van der Waals surface area (Å²) in [5, 5.41) is 0. The van der Waals surface area contributed by atoms with E-state index in [1.165, 1.54) is 126 Å². The topological polar surface area (TPSA) is 3.24 Å². The summed E-state index contributed by atoms with van der Waals surface area (Å²) in [4.78, 5) is 2.52. The van der Waals surface area contributed by atoms with Gasteiger partial charge in [-0.15, -0.1) is 0 Å². The second-order valence-corrected chi connectivity index (χ2v) is 24.2. The molecule has 0 aliphatic heterocycles. The van der Waals surface area contributed by atoms with E-state index in [1.807, 2.05) is 0 Å². The minimum absolute atomic E-state index is 0.138. The largest absolute Gasteiger partial charge is 0.310 e. The van der Waals surface area contributed by atoms with Crippen LogP contribution in [0.2, 0.25) is 0 Å². The lowest BCUT2D eigenvalue weighted by atomic mass is 9.63. The highest BCUT2D eigenvalue weighted by Gasteiger charge is 2.52. The highest BCUT2D eigenvalue weighted by Crippen LogP contribution is 2.64. The highest BCUT2D eigenvalue weighted by atomic mass is 15.1. The molecule has 0 atom stereocenters. The zero-order valence-corrected chi connectivity index (χ0v) is 43.3. The summed E-state index contributed by atoms with van der Waals surface area (Å²) in [6.45, 7) is 19.4. The van der Waals surface area contributed by atoms with Crippen LogP contribution in [0.4, 0.5) is 17.1 Å². The van der Waals surface area contributed by atoms with E-state index in [1.54, 1.807) is 0 Å². The molecule has 0 unspecified atom stereocenters. The molecule has 1 nitrogen and oxygen atoms in total. The first-order valence-corrected chi connectivity index (χ1v) is 26.5. The van der Waals surface area contributed by atoms with Gasteiger partial charge in [0.25, 0.3) is 0 Å². The zero-order chi connectivity index (χ0) is 49.4. The van der Waals surface area contributed by atoms with Crippen LogP contribution < -0.4 is 4.90 Å². The number of anilines is 3. The first-order chi connectivity index (χ1) is 34.7. The minimum Gasteiger partial charge on any atom is -0.310 e. The third kappa shape index (κ3) is 6.65. The van der Waals surface area contributed by atoms with Crippen LogP contribution in [0.5, 0.6) is 0 Å². The van der Waals surface area contributed by atoms with Gasteiger partial charge in [-0.1, -0.05) is 219 Å². The van der Waals surface area contributed by atoms with Gasteiger partial charge in [0.05, 0.1) is 11.1 Å². The molecule has 0 radical (unpaired) electrons. The standard InChI is InChI=1S/C71H65N/c1-67(2)38-40-69(5,6)64-42-49(32-36-61(64)67)46-26-28-48(29-27-46)56-44-57-55-22-14-17-25-60(55)71(58-23-15-12-20-53(58)54-21-13-16-24-59(54)71)63(57)45-66(56)72(51-18-10-9-11-19-51)52-34-30-47(31-35-52)50-33-37-62-65(43-50)70(7,8)41-39-68(62,3)4/h9-37,42-45H,38-41H2,1-8H3.